The van der Waals surface area contributed by atoms with E-state index >= 15 is 0 Å². The Bertz CT molecular complexity index is 557. The van der Waals surface area contributed by atoms with Crippen molar-refractivity contribution < 1.29 is 4.39 Å². The lowest BCUT2D eigenvalue weighted by molar-refractivity contribution is 0.447. The van der Waals surface area contributed by atoms with Crippen LogP contribution in [0.3, 0.4) is 0 Å². The second kappa shape index (κ2) is 5.45. The smallest absolute Gasteiger partial charge is 0.126 e. The second-order valence-corrected chi connectivity index (χ2v) is 4.88. The molecule has 0 saturated heterocycles. The van der Waals surface area contributed by atoms with Gasteiger partial charge in [-0.2, -0.15) is 0 Å². The van der Waals surface area contributed by atoms with Gasteiger partial charge in [0.15, 0.2) is 0 Å². The molecule has 4 heteroatoms. The largest absolute Gasteiger partial charge is 0.306 e. The lowest BCUT2D eigenvalue weighted by atomic mass is 9.87. The van der Waals surface area contributed by atoms with Crippen molar-refractivity contribution in [3.05, 3.63) is 59.4 Å². The third kappa shape index (κ3) is 2.63. The SMILES string of the molecule is Fc1cccc2c1CCCC2NCc1cncnc1. The van der Waals surface area contributed by atoms with Gasteiger partial charge in [0.25, 0.3) is 0 Å². The first-order chi connectivity index (χ1) is 9.34. The van der Waals surface area contributed by atoms with Gasteiger partial charge in [-0.05, 0) is 36.5 Å². The number of hydrogen-bond acceptors (Lipinski definition) is 3. The quantitative estimate of drug-likeness (QED) is 0.918. The summed E-state index contributed by atoms with van der Waals surface area (Å²) in [4.78, 5) is 7.99. The second-order valence-electron chi connectivity index (χ2n) is 4.88. The van der Waals surface area contributed by atoms with Gasteiger partial charge in [-0.15, -0.1) is 0 Å². The fraction of sp³-hybridized carbons (Fsp3) is 0.333. The van der Waals surface area contributed by atoms with E-state index in [1.54, 1.807) is 24.5 Å². The Morgan fingerprint density at radius 2 is 2.11 bits per heavy atom. The maximum Gasteiger partial charge on any atom is 0.126 e. The van der Waals surface area contributed by atoms with Gasteiger partial charge in [0.1, 0.15) is 12.1 Å². The molecule has 1 aromatic carbocycles. The molecule has 19 heavy (non-hydrogen) atoms. The van der Waals surface area contributed by atoms with E-state index in [9.17, 15) is 4.39 Å². The zero-order valence-corrected chi connectivity index (χ0v) is 10.6. The standard InChI is InChI=1S/C15H16FN3/c16-14-5-1-4-13-12(14)3-2-6-15(13)19-9-11-7-17-10-18-8-11/h1,4-5,7-8,10,15,19H,2-3,6,9H2. The Balaban J connectivity index is 1.75. The summed E-state index contributed by atoms with van der Waals surface area (Å²) in [6.07, 6.45) is 8.04. The highest BCUT2D eigenvalue weighted by Gasteiger charge is 2.21. The normalized spacial score (nSPS) is 18.1. The molecule has 0 bridgehead atoms. The molecule has 1 unspecified atom stereocenters. The van der Waals surface area contributed by atoms with Crippen LogP contribution in [0.2, 0.25) is 0 Å². The van der Waals surface area contributed by atoms with Crippen molar-refractivity contribution >= 4 is 0 Å². The first-order valence-corrected chi connectivity index (χ1v) is 6.59. The zero-order valence-electron chi connectivity index (χ0n) is 10.6. The highest BCUT2D eigenvalue weighted by molar-refractivity contribution is 5.33. The molecular formula is C15H16FN3. The van der Waals surface area contributed by atoms with Crippen LogP contribution in [-0.4, -0.2) is 9.97 Å². The summed E-state index contributed by atoms with van der Waals surface area (Å²) in [7, 11) is 0. The van der Waals surface area contributed by atoms with Crippen molar-refractivity contribution in [3.8, 4) is 0 Å². The van der Waals surface area contributed by atoms with Crippen LogP contribution in [-0.2, 0) is 13.0 Å². The number of nitrogens with zero attached hydrogens (tertiary/aromatic N) is 2. The van der Waals surface area contributed by atoms with E-state index in [4.69, 9.17) is 0 Å². The molecule has 1 aromatic heterocycles. The summed E-state index contributed by atoms with van der Waals surface area (Å²) in [5.74, 6) is -0.0768. The minimum absolute atomic E-state index is 0.0768. The molecule has 1 aliphatic rings. The van der Waals surface area contributed by atoms with Crippen LogP contribution in [0, 0.1) is 5.82 Å². The van der Waals surface area contributed by atoms with Crippen molar-refractivity contribution in [2.24, 2.45) is 0 Å². The van der Waals surface area contributed by atoms with E-state index < -0.39 is 0 Å². The molecule has 1 heterocycles. The topological polar surface area (TPSA) is 37.8 Å². The van der Waals surface area contributed by atoms with E-state index in [0.717, 1.165) is 36.0 Å². The van der Waals surface area contributed by atoms with Crippen molar-refractivity contribution in [1.29, 1.82) is 0 Å². The van der Waals surface area contributed by atoms with Crippen LogP contribution < -0.4 is 5.32 Å². The monoisotopic (exact) mass is 257 g/mol. The summed E-state index contributed by atoms with van der Waals surface area (Å²) >= 11 is 0. The molecule has 0 spiro atoms. The number of halogens is 1. The molecule has 0 aliphatic heterocycles. The highest BCUT2D eigenvalue weighted by atomic mass is 19.1. The fourth-order valence-electron chi connectivity index (χ4n) is 2.68. The average Bonchev–Trinajstić information content (AvgIpc) is 2.47. The molecular weight excluding hydrogens is 241 g/mol. The van der Waals surface area contributed by atoms with E-state index in [1.807, 2.05) is 6.07 Å². The molecule has 98 valence electrons. The molecule has 3 rings (SSSR count). The van der Waals surface area contributed by atoms with Crippen LogP contribution in [0.4, 0.5) is 4.39 Å². The Kier molecular flexibility index (Phi) is 3.51. The third-order valence-corrected chi connectivity index (χ3v) is 3.62. The Labute approximate surface area is 111 Å². The molecule has 0 saturated carbocycles. The van der Waals surface area contributed by atoms with Crippen LogP contribution in [0.1, 0.15) is 35.6 Å². The van der Waals surface area contributed by atoms with Crippen molar-refractivity contribution in [2.75, 3.05) is 0 Å². The average molecular weight is 257 g/mol. The van der Waals surface area contributed by atoms with Gasteiger partial charge >= 0.3 is 0 Å². The van der Waals surface area contributed by atoms with Crippen LogP contribution in [0.15, 0.2) is 36.9 Å². The molecule has 0 radical (unpaired) electrons. The number of fused-ring (bicyclic) bond motifs is 1. The molecule has 0 fully saturated rings. The van der Waals surface area contributed by atoms with Crippen LogP contribution in [0.25, 0.3) is 0 Å². The van der Waals surface area contributed by atoms with Gasteiger partial charge in [0.2, 0.25) is 0 Å². The Morgan fingerprint density at radius 1 is 1.26 bits per heavy atom. The van der Waals surface area contributed by atoms with Gasteiger partial charge in [0.05, 0.1) is 0 Å². The molecule has 3 nitrogen and oxygen atoms in total. The minimum Gasteiger partial charge on any atom is -0.306 e. The van der Waals surface area contributed by atoms with Gasteiger partial charge in [0, 0.05) is 30.5 Å². The summed E-state index contributed by atoms with van der Waals surface area (Å²) < 4.78 is 13.8. The molecule has 1 aliphatic carbocycles. The Morgan fingerprint density at radius 3 is 2.95 bits per heavy atom. The first kappa shape index (κ1) is 12.2. The fourth-order valence-corrected chi connectivity index (χ4v) is 2.68. The zero-order chi connectivity index (χ0) is 13.1. The van der Waals surface area contributed by atoms with Gasteiger partial charge < -0.3 is 5.32 Å². The Hall–Kier alpha value is -1.81. The van der Waals surface area contributed by atoms with E-state index in [0.29, 0.717) is 6.54 Å². The molecule has 1 N–H and O–H groups in total. The summed E-state index contributed by atoms with van der Waals surface area (Å²) in [6.45, 7) is 0.710. The van der Waals surface area contributed by atoms with Crippen LogP contribution in [0.5, 0.6) is 0 Å². The highest BCUT2D eigenvalue weighted by Crippen LogP contribution is 2.31. The molecule has 1 atom stereocenters. The maximum atomic E-state index is 13.8. The van der Waals surface area contributed by atoms with Crippen molar-refractivity contribution in [3.63, 3.8) is 0 Å². The van der Waals surface area contributed by atoms with Crippen molar-refractivity contribution in [1.82, 2.24) is 15.3 Å². The number of rotatable bonds is 3. The predicted octanol–water partition coefficient (Wildman–Crippen LogP) is 2.78. The van der Waals surface area contributed by atoms with E-state index in [-0.39, 0.29) is 11.9 Å². The van der Waals surface area contributed by atoms with Crippen LogP contribution >= 0.6 is 0 Å². The predicted molar refractivity (Wildman–Crippen MR) is 71.0 cm³/mol. The minimum atomic E-state index is -0.0768. The van der Waals surface area contributed by atoms with Gasteiger partial charge in [-0.3, -0.25) is 0 Å². The van der Waals surface area contributed by atoms with Gasteiger partial charge in [-0.25, -0.2) is 14.4 Å². The number of benzene rings is 1. The number of aromatic nitrogens is 2. The summed E-state index contributed by atoms with van der Waals surface area (Å²) in [5.41, 5.74) is 3.02. The number of hydrogen-bond donors (Lipinski definition) is 1. The lowest BCUT2D eigenvalue weighted by Crippen LogP contribution is -2.25. The summed E-state index contributed by atoms with van der Waals surface area (Å²) in [6, 6.07) is 5.59. The lowest BCUT2D eigenvalue weighted by Gasteiger charge is -2.26. The van der Waals surface area contributed by atoms with Gasteiger partial charge in [-0.1, -0.05) is 12.1 Å². The van der Waals surface area contributed by atoms with E-state index in [2.05, 4.69) is 15.3 Å². The first-order valence-electron chi connectivity index (χ1n) is 6.59. The van der Waals surface area contributed by atoms with Crippen molar-refractivity contribution in [2.45, 2.75) is 31.8 Å². The number of nitrogens with one attached hydrogen (secondary N) is 1. The maximum absolute atomic E-state index is 13.8. The summed E-state index contributed by atoms with van der Waals surface area (Å²) in [5, 5.41) is 3.47. The molecule has 2 aromatic rings. The van der Waals surface area contributed by atoms with E-state index in [1.165, 1.54) is 6.33 Å². The third-order valence-electron chi connectivity index (χ3n) is 3.62. The molecule has 0 amide bonds.